The first kappa shape index (κ1) is 13.8. The van der Waals surface area contributed by atoms with E-state index in [1.165, 1.54) is 5.56 Å². The van der Waals surface area contributed by atoms with Gasteiger partial charge in [-0.15, -0.1) is 11.3 Å². The van der Waals surface area contributed by atoms with E-state index in [4.69, 9.17) is 4.74 Å². The maximum absolute atomic E-state index is 6.06. The van der Waals surface area contributed by atoms with Crippen LogP contribution in [-0.2, 0) is 0 Å². The largest absolute Gasteiger partial charge is 0.438 e. The van der Waals surface area contributed by atoms with E-state index in [2.05, 4.69) is 35.2 Å². The molecule has 0 aliphatic carbocycles. The van der Waals surface area contributed by atoms with Crippen LogP contribution in [0.5, 0.6) is 11.6 Å². The van der Waals surface area contributed by atoms with Crippen LogP contribution in [0.2, 0.25) is 0 Å². The van der Waals surface area contributed by atoms with Gasteiger partial charge in [0, 0.05) is 6.54 Å². The smallest absolute Gasteiger partial charge is 0.232 e. The van der Waals surface area contributed by atoms with Gasteiger partial charge in [0.15, 0.2) is 0 Å². The van der Waals surface area contributed by atoms with E-state index in [0.717, 1.165) is 28.1 Å². The van der Waals surface area contributed by atoms with Crippen molar-refractivity contribution in [3.05, 3.63) is 40.8 Å². The molecule has 3 rings (SSSR count). The number of hydrogen-bond acceptors (Lipinski definition) is 5. The maximum Gasteiger partial charge on any atom is 0.232 e. The molecule has 2 heterocycles. The van der Waals surface area contributed by atoms with Crippen molar-refractivity contribution >= 4 is 27.5 Å². The van der Waals surface area contributed by atoms with E-state index in [1.54, 1.807) is 11.3 Å². The summed E-state index contributed by atoms with van der Waals surface area (Å²) in [6.07, 6.45) is 0. The topological polar surface area (TPSA) is 47.0 Å². The van der Waals surface area contributed by atoms with Crippen molar-refractivity contribution in [1.82, 2.24) is 9.97 Å². The first-order valence-corrected chi connectivity index (χ1v) is 7.80. The van der Waals surface area contributed by atoms with Crippen molar-refractivity contribution in [2.24, 2.45) is 0 Å². The van der Waals surface area contributed by atoms with Gasteiger partial charge in [-0.25, -0.2) is 4.98 Å². The molecule has 4 nitrogen and oxygen atoms in total. The maximum atomic E-state index is 6.06. The fraction of sp³-hybridized carbons (Fsp3) is 0.250. The Kier molecular flexibility index (Phi) is 3.75. The first-order valence-electron chi connectivity index (χ1n) is 6.92. The highest BCUT2D eigenvalue weighted by atomic mass is 32.1. The van der Waals surface area contributed by atoms with E-state index < -0.39 is 0 Å². The molecule has 0 fully saturated rings. The van der Waals surface area contributed by atoms with Gasteiger partial charge in [0.1, 0.15) is 10.6 Å². The second-order valence-electron chi connectivity index (χ2n) is 4.82. The highest BCUT2D eigenvalue weighted by molar-refractivity contribution is 7.16. The summed E-state index contributed by atoms with van der Waals surface area (Å²) in [7, 11) is 0. The predicted molar refractivity (Wildman–Crippen MR) is 87.6 cm³/mol. The quantitative estimate of drug-likeness (QED) is 0.768. The van der Waals surface area contributed by atoms with Gasteiger partial charge < -0.3 is 10.1 Å². The Balaban J connectivity index is 2.06. The molecule has 0 aliphatic heterocycles. The molecule has 0 radical (unpaired) electrons. The van der Waals surface area contributed by atoms with Gasteiger partial charge in [0.25, 0.3) is 0 Å². The highest BCUT2D eigenvalue weighted by Gasteiger charge is 2.12. The Hall–Kier alpha value is -2.14. The van der Waals surface area contributed by atoms with Crippen LogP contribution in [0.3, 0.4) is 0 Å². The van der Waals surface area contributed by atoms with Crippen LogP contribution >= 0.6 is 11.3 Å². The molecule has 1 aromatic carbocycles. The third-order valence-corrected chi connectivity index (χ3v) is 4.19. The lowest BCUT2D eigenvalue weighted by Gasteiger charge is -2.11. The molecule has 108 valence electrons. The van der Waals surface area contributed by atoms with Crippen molar-refractivity contribution < 1.29 is 4.74 Å². The van der Waals surface area contributed by atoms with Crippen molar-refractivity contribution in [3.8, 4) is 11.6 Å². The molecule has 0 saturated heterocycles. The molecule has 2 aromatic heterocycles. The van der Waals surface area contributed by atoms with Crippen LogP contribution in [0.25, 0.3) is 10.2 Å². The highest BCUT2D eigenvalue weighted by Crippen LogP contribution is 2.33. The Morgan fingerprint density at radius 3 is 2.86 bits per heavy atom. The molecular formula is C16H17N3OS. The molecule has 1 N–H and O–H groups in total. The van der Waals surface area contributed by atoms with Crippen LogP contribution in [-0.4, -0.2) is 16.5 Å². The summed E-state index contributed by atoms with van der Waals surface area (Å²) < 4.78 is 6.06. The lowest BCUT2D eigenvalue weighted by Crippen LogP contribution is -2.03. The van der Waals surface area contributed by atoms with Crippen molar-refractivity contribution in [1.29, 1.82) is 0 Å². The Labute approximate surface area is 127 Å². The number of nitrogens with zero attached hydrogens (tertiary/aromatic N) is 2. The number of aromatic nitrogens is 2. The fourth-order valence-electron chi connectivity index (χ4n) is 2.08. The summed E-state index contributed by atoms with van der Waals surface area (Å²) >= 11 is 1.59. The Morgan fingerprint density at radius 1 is 1.19 bits per heavy atom. The Bertz CT molecular complexity index is 782. The first-order chi connectivity index (χ1) is 10.2. The number of fused-ring (bicyclic) bond motifs is 1. The van der Waals surface area contributed by atoms with E-state index >= 15 is 0 Å². The van der Waals surface area contributed by atoms with Crippen LogP contribution in [0, 0.1) is 13.8 Å². The van der Waals surface area contributed by atoms with Crippen LogP contribution < -0.4 is 10.1 Å². The molecule has 5 heteroatoms. The number of thiophene rings is 1. The van der Waals surface area contributed by atoms with Crippen molar-refractivity contribution in [2.75, 3.05) is 11.9 Å². The van der Waals surface area contributed by atoms with E-state index in [1.807, 2.05) is 30.5 Å². The van der Waals surface area contributed by atoms with E-state index in [0.29, 0.717) is 11.8 Å². The summed E-state index contributed by atoms with van der Waals surface area (Å²) in [6.45, 7) is 6.93. The molecule has 0 spiro atoms. The minimum atomic E-state index is 0.603. The van der Waals surface area contributed by atoms with Crippen LogP contribution in [0.1, 0.15) is 18.1 Å². The van der Waals surface area contributed by atoms with Gasteiger partial charge in [-0.3, -0.25) is 0 Å². The van der Waals surface area contributed by atoms with Gasteiger partial charge >= 0.3 is 0 Å². The van der Waals surface area contributed by atoms with E-state index in [9.17, 15) is 0 Å². The van der Waals surface area contributed by atoms with Crippen molar-refractivity contribution in [2.45, 2.75) is 20.8 Å². The number of nitrogens with one attached hydrogen (secondary N) is 1. The third-order valence-electron chi connectivity index (χ3n) is 3.39. The van der Waals surface area contributed by atoms with Crippen molar-refractivity contribution in [3.63, 3.8) is 0 Å². The average molecular weight is 299 g/mol. The van der Waals surface area contributed by atoms with Crippen LogP contribution in [0.4, 0.5) is 5.95 Å². The zero-order valence-electron chi connectivity index (χ0n) is 12.3. The molecule has 0 amide bonds. The number of ether oxygens (including phenoxy) is 1. The van der Waals surface area contributed by atoms with Gasteiger partial charge in [0.2, 0.25) is 11.8 Å². The molecule has 0 bridgehead atoms. The van der Waals surface area contributed by atoms with Crippen LogP contribution in [0.15, 0.2) is 29.6 Å². The summed E-state index contributed by atoms with van der Waals surface area (Å²) in [5, 5.41) is 6.10. The lowest BCUT2D eigenvalue weighted by molar-refractivity contribution is 0.465. The van der Waals surface area contributed by atoms with Gasteiger partial charge in [-0.2, -0.15) is 4.98 Å². The fourth-order valence-corrected chi connectivity index (χ4v) is 2.84. The van der Waals surface area contributed by atoms with Gasteiger partial charge in [-0.05, 0) is 49.4 Å². The number of anilines is 1. The zero-order chi connectivity index (χ0) is 14.8. The molecule has 0 atom stereocenters. The number of rotatable bonds is 4. The summed E-state index contributed by atoms with van der Waals surface area (Å²) in [4.78, 5) is 9.91. The molecule has 0 saturated carbocycles. The minimum absolute atomic E-state index is 0.603. The number of hydrogen-bond donors (Lipinski definition) is 1. The van der Waals surface area contributed by atoms with E-state index in [-0.39, 0.29) is 0 Å². The number of benzene rings is 1. The zero-order valence-corrected chi connectivity index (χ0v) is 13.1. The predicted octanol–water partition coefficient (Wildman–Crippen LogP) is 4.53. The molecule has 0 unspecified atom stereocenters. The number of aryl methyl sites for hydroxylation is 1. The van der Waals surface area contributed by atoms with Gasteiger partial charge in [-0.1, -0.05) is 12.1 Å². The second-order valence-corrected chi connectivity index (χ2v) is 5.72. The SMILES string of the molecule is CCNc1nc(Oc2cccc(C)c2C)c2ccsc2n1. The second kappa shape index (κ2) is 5.69. The third kappa shape index (κ3) is 2.69. The normalized spacial score (nSPS) is 10.8. The molecule has 3 aromatic rings. The summed E-state index contributed by atoms with van der Waals surface area (Å²) in [6, 6.07) is 8.03. The lowest BCUT2D eigenvalue weighted by atomic mass is 10.1. The Morgan fingerprint density at radius 2 is 2.05 bits per heavy atom. The van der Waals surface area contributed by atoms with Gasteiger partial charge in [0.05, 0.1) is 5.39 Å². The molecule has 0 aliphatic rings. The minimum Gasteiger partial charge on any atom is -0.438 e. The average Bonchev–Trinajstić information content (AvgIpc) is 2.93. The summed E-state index contributed by atoms with van der Waals surface area (Å²) in [5.41, 5.74) is 2.33. The monoisotopic (exact) mass is 299 g/mol. The molecule has 21 heavy (non-hydrogen) atoms. The molecular weight excluding hydrogens is 282 g/mol. The summed E-state index contributed by atoms with van der Waals surface area (Å²) in [5.74, 6) is 2.04. The standard InChI is InChI=1S/C16H17N3OS/c1-4-17-16-18-14(12-8-9-21-15(12)19-16)20-13-7-5-6-10(2)11(13)3/h5-9H,4H2,1-3H3,(H,17,18,19).